The van der Waals surface area contributed by atoms with Gasteiger partial charge < -0.3 is 10.4 Å². The number of carbonyl (C=O) groups excluding carboxylic acids is 1. The first kappa shape index (κ1) is 14.2. The highest BCUT2D eigenvalue weighted by Crippen LogP contribution is 2.19. The highest BCUT2D eigenvalue weighted by atomic mass is 79.9. The van der Waals surface area contributed by atoms with Crippen LogP contribution in [0.1, 0.15) is 28.4 Å². The molecule has 2 N–H and O–H groups in total. The Labute approximate surface area is 124 Å². The second-order valence-electron chi connectivity index (χ2n) is 4.10. The summed E-state index contributed by atoms with van der Waals surface area (Å²) in [7, 11) is 0. The van der Waals surface area contributed by atoms with E-state index in [-0.39, 0.29) is 5.91 Å². The summed E-state index contributed by atoms with van der Waals surface area (Å²) in [5.74, 6) is -0.134. The standard InChI is InChI=1S/C14H14BrNO2S/c15-12-4-2-1-3-11(12)14(18)16-7-5-13(17)10-6-8-19-9-10/h1-4,6,8-9,13,17H,5,7H2,(H,16,18)/t13-/m0/s1. The van der Waals surface area contributed by atoms with Crippen LogP contribution < -0.4 is 5.32 Å². The zero-order valence-corrected chi connectivity index (χ0v) is 12.6. The van der Waals surface area contributed by atoms with Crippen molar-refractivity contribution in [2.24, 2.45) is 0 Å². The summed E-state index contributed by atoms with van der Waals surface area (Å²) in [6, 6.07) is 9.16. The molecule has 5 heteroatoms. The van der Waals surface area contributed by atoms with Crippen molar-refractivity contribution in [2.75, 3.05) is 6.54 Å². The molecule has 2 rings (SSSR count). The van der Waals surface area contributed by atoms with Crippen LogP contribution >= 0.6 is 27.3 Å². The van der Waals surface area contributed by atoms with Crippen molar-refractivity contribution >= 4 is 33.2 Å². The van der Waals surface area contributed by atoms with Gasteiger partial charge in [0.1, 0.15) is 0 Å². The van der Waals surface area contributed by atoms with E-state index in [1.54, 1.807) is 17.4 Å². The third-order valence-electron chi connectivity index (χ3n) is 2.75. The molecular formula is C14H14BrNO2S. The monoisotopic (exact) mass is 339 g/mol. The fourth-order valence-electron chi connectivity index (χ4n) is 1.69. The van der Waals surface area contributed by atoms with Crippen molar-refractivity contribution in [3.8, 4) is 0 Å². The van der Waals surface area contributed by atoms with Gasteiger partial charge in [0, 0.05) is 11.0 Å². The molecule has 0 bridgehead atoms. The van der Waals surface area contributed by atoms with Crippen LogP contribution in [-0.4, -0.2) is 17.6 Å². The summed E-state index contributed by atoms with van der Waals surface area (Å²) in [6.07, 6.45) is -0.0156. The minimum Gasteiger partial charge on any atom is -0.388 e. The molecule has 0 aliphatic carbocycles. The molecule has 1 aromatic heterocycles. The SMILES string of the molecule is O=C(NCC[C@H](O)c1ccsc1)c1ccccc1Br. The maximum atomic E-state index is 11.9. The molecule has 2 aromatic rings. The van der Waals surface area contributed by atoms with E-state index in [1.807, 2.05) is 35.0 Å². The van der Waals surface area contributed by atoms with Gasteiger partial charge in [-0.3, -0.25) is 4.79 Å². The molecule has 1 atom stereocenters. The third-order valence-corrected chi connectivity index (χ3v) is 4.14. The highest BCUT2D eigenvalue weighted by Gasteiger charge is 2.11. The van der Waals surface area contributed by atoms with E-state index in [0.29, 0.717) is 18.5 Å². The van der Waals surface area contributed by atoms with Crippen LogP contribution in [0.2, 0.25) is 0 Å². The lowest BCUT2D eigenvalue weighted by atomic mass is 10.1. The number of benzene rings is 1. The zero-order valence-electron chi connectivity index (χ0n) is 10.2. The van der Waals surface area contributed by atoms with Gasteiger partial charge in [-0.25, -0.2) is 0 Å². The maximum Gasteiger partial charge on any atom is 0.252 e. The Morgan fingerprint density at radius 3 is 2.84 bits per heavy atom. The molecule has 0 saturated heterocycles. The summed E-state index contributed by atoms with van der Waals surface area (Å²) in [6.45, 7) is 0.442. The van der Waals surface area contributed by atoms with E-state index in [9.17, 15) is 9.90 Å². The minimum absolute atomic E-state index is 0.134. The van der Waals surface area contributed by atoms with Crippen LogP contribution in [0.15, 0.2) is 45.6 Å². The number of carbonyl (C=O) groups is 1. The average molecular weight is 340 g/mol. The van der Waals surface area contributed by atoms with E-state index in [0.717, 1.165) is 10.0 Å². The van der Waals surface area contributed by atoms with E-state index in [2.05, 4.69) is 21.2 Å². The average Bonchev–Trinajstić information content (AvgIpc) is 2.93. The summed E-state index contributed by atoms with van der Waals surface area (Å²) in [4.78, 5) is 11.9. The van der Waals surface area contributed by atoms with Crippen LogP contribution in [0.25, 0.3) is 0 Å². The number of hydrogen-bond acceptors (Lipinski definition) is 3. The van der Waals surface area contributed by atoms with Gasteiger partial charge in [-0.15, -0.1) is 0 Å². The zero-order chi connectivity index (χ0) is 13.7. The second kappa shape index (κ2) is 6.84. The number of amides is 1. The molecular weight excluding hydrogens is 326 g/mol. The van der Waals surface area contributed by atoms with E-state index in [1.165, 1.54) is 0 Å². The molecule has 3 nitrogen and oxygen atoms in total. The van der Waals surface area contributed by atoms with Gasteiger partial charge in [-0.05, 0) is 56.9 Å². The smallest absolute Gasteiger partial charge is 0.252 e. The predicted molar refractivity (Wildman–Crippen MR) is 80.4 cm³/mol. The molecule has 0 aliphatic heterocycles. The molecule has 1 amide bonds. The van der Waals surface area contributed by atoms with E-state index in [4.69, 9.17) is 0 Å². The van der Waals surface area contributed by atoms with Gasteiger partial charge in [-0.2, -0.15) is 11.3 Å². The van der Waals surface area contributed by atoms with E-state index >= 15 is 0 Å². The Bertz CT molecular complexity index is 542. The molecule has 0 radical (unpaired) electrons. The Morgan fingerprint density at radius 1 is 1.37 bits per heavy atom. The lowest BCUT2D eigenvalue weighted by molar-refractivity contribution is 0.0942. The van der Waals surface area contributed by atoms with Crippen LogP contribution in [0.3, 0.4) is 0 Å². The van der Waals surface area contributed by atoms with Crippen LogP contribution in [0.5, 0.6) is 0 Å². The van der Waals surface area contributed by atoms with Crippen molar-refractivity contribution < 1.29 is 9.90 Å². The van der Waals surface area contributed by atoms with Gasteiger partial charge in [-0.1, -0.05) is 12.1 Å². The first-order valence-electron chi connectivity index (χ1n) is 5.91. The highest BCUT2D eigenvalue weighted by molar-refractivity contribution is 9.10. The van der Waals surface area contributed by atoms with Crippen LogP contribution in [0.4, 0.5) is 0 Å². The number of thiophene rings is 1. The molecule has 1 heterocycles. The summed E-state index contributed by atoms with van der Waals surface area (Å²) < 4.78 is 0.769. The largest absolute Gasteiger partial charge is 0.388 e. The molecule has 19 heavy (non-hydrogen) atoms. The molecule has 1 aromatic carbocycles. The topological polar surface area (TPSA) is 49.3 Å². The summed E-state index contributed by atoms with van der Waals surface area (Å²) in [5.41, 5.74) is 1.51. The number of rotatable bonds is 5. The first-order valence-corrected chi connectivity index (χ1v) is 7.65. The Hall–Kier alpha value is -1.17. The lowest BCUT2D eigenvalue weighted by Crippen LogP contribution is -2.25. The molecule has 0 saturated carbocycles. The Morgan fingerprint density at radius 2 is 2.16 bits per heavy atom. The number of aliphatic hydroxyl groups excluding tert-OH is 1. The summed E-state index contributed by atoms with van der Waals surface area (Å²) >= 11 is 4.89. The quantitative estimate of drug-likeness (QED) is 0.877. The summed E-state index contributed by atoms with van der Waals surface area (Å²) in [5, 5.41) is 16.5. The minimum atomic E-state index is -0.522. The van der Waals surface area contributed by atoms with Crippen LogP contribution in [-0.2, 0) is 0 Å². The van der Waals surface area contributed by atoms with Gasteiger partial charge >= 0.3 is 0 Å². The van der Waals surface area contributed by atoms with Crippen molar-refractivity contribution in [1.82, 2.24) is 5.32 Å². The molecule has 0 spiro atoms. The van der Waals surface area contributed by atoms with Gasteiger partial charge in [0.05, 0.1) is 11.7 Å². The van der Waals surface area contributed by atoms with Crippen molar-refractivity contribution in [3.63, 3.8) is 0 Å². The number of aliphatic hydroxyl groups is 1. The normalized spacial score (nSPS) is 12.1. The number of nitrogens with one attached hydrogen (secondary N) is 1. The van der Waals surface area contributed by atoms with E-state index < -0.39 is 6.10 Å². The van der Waals surface area contributed by atoms with Gasteiger partial charge in [0.2, 0.25) is 0 Å². The predicted octanol–water partition coefficient (Wildman–Crippen LogP) is 3.36. The molecule has 0 unspecified atom stereocenters. The van der Waals surface area contributed by atoms with Crippen molar-refractivity contribution in [1.29, 1.82) is 0 Å². The molecule has 0 fully saturated rings. The fraction of sp³-hybridized carbons (Fsp3) is 0.214. The maximum absolute atomic E-state index is 11.9. The third kappa shape index (κ3) is 3.89. The molecule has 100 valence electrons. The van der Waals surface area contributed by atoms with Gasteiger partial charge in [0.15, 0.2) is 0 Å². The Kier molecular flexibility index (Phi) is 5.13. The van der Waals surface area contributed by atoms with Gasteiger partial charge in [0.25, 0.3) is 5.91 Å². The molecule has 0 aliphatic rings. The number of halogens is 1. The lowest BCUT2D eigenvalue weighted by Gasteiger charge is -2.10. The second-order valence-corrected chi connectivity index (χ2v) is 5.73. The van der Waals surface area contributed by atoms with Crippen LogP contribution in [0, 0.1) is 0 Å². The van der Waals surface area contributed by atoms with Crippen molar-refractivity contribution in [3.05, 3.63) is 56.7 Å². The first-order chi connectivity index (χ1) is 9.18. The number of hydrogen-bond donors (Lipinski definition) is 2. The Balaban J connectivity index is 1.83. The fourth-order valence-corrected chi connectivity index (χ4v) is 2.87. The van der Waals surface area contributed by atoms with Crippen molar-refractivity contribution in [2.45, 2.75) is 12.5 Å².